The van der Waals surface area contributed by atoms with Crippen molar-refractivity contribution in [3.63, 3.8) is 0 Å². The third kappa shape index (κ3) is 4.25. The van der Waals surface area contributed by atoms with Gasteiger partial charge in [0, 0.05) is 26.2 Å². The van der Waals surface area contributed by atoms with Crippen LogP contribution in [0.4, 0.5) is 5.69 Å². The van der Waals surface area contributed by atoms with E-state index in [0.29, 0.717) is 11.4 Å². The molecule has 0 bridgehead atoms. The predicted octanol–water partition coefficient (Wildman–Crippen LogP) is 0.747. The van der Waals surface area contributed by atoms with Crippen molar-refractivity contribution < 1.29 is 26.4 Å². The van der Waals surface area contributed by atoms with Crippen LogP contribution in [-0.2, 0) is 24.8 Å². The van der Waals surface area contributed by atoms with E-state index in [-0.39, 0.29) is 43.5 Å². The molecule has 0 saturated carbocycles. The van der Waals surface area contributed by atoms with Crippen molar-refractivity contribution in [3.8, 4) is 5.75 Å². The summed E-state index contributed by atoms with van der Waals surface area (Å²) in [5, 5.41) is 0. The van der Waals surface area contributed by atoms with Crippen LogP contribution in [-0.4, -0.2) is 77.0 Å². The number of para-hydroxylation sites is 2. The lowest BCUT2D eigenvalue weighted by molar-refractivity contribution is -0.139. The summed E-state index contributed by atoms with van der Waals surface area (Å²) in [6.45, 7) is 0.581. The van der Waals surface area contributed by atoms with Crippen molar-refractivity contribution in [2.75, 3.05) is 43.3 Å². The predicted molar refractivity (Wildman–Crippen MR) is 115 cm³/mol. The van der Waals surface area contributed by atoms with Crippen LogP contribution in [0.2, 0.25) is 0 Å². The minimum Gasteiger partial charge on any atom is -0.476 e. The van der Waals surface area contributed by atoms with E-state index in [4.69, 9.17) is 4.74 Å². The van der Waals surface area contributed by atoms with Crippen molar-refractivity contribution in [2.24, 2.45) is 0 Å². The maximum absolute atomic E-state index is 13.1. The molecule has 31 heavy (non-hydrogen) atoms. The molecule has 11 heteroatoms. The number of ether oxygens (including phenoxy) is 1. The second-order valence-corrected chi connectivity index (χ2v) is 11.3. The number of nitrogens with zero attached hydrogens (tertiary/aromatic N) is 3. The standard InChI is InChI=1S/C20H23N3O6S2/c1-30(25,26)23-15-19(29-18-10-6-5-9-17(18)23)20(24)21-11-13-22(14-12-21)31(27,28)16-7-3-2-4-8-16/h2-10,19H,11-15H2,1H3. The summed E-state index contributed by atoms with van der Waals surface area (Å²) in [5.74, 6) is -0.0391. The Bertz CT molecular complexity index is 1180. The van der Waals surface area contributed by atoms with Crippen molar-refractivity contribution in [1.82, 2.24) is 9.21 Å². The molecule has 0 aliphatic carbocycles. The zero-order chi connectivity index (χ0) is 22.2. The fourth-order valence-corrected chi connectivity index (χ4v) is 6.10. The highest BCUT2D eigenvalue weighted by atomic mass is 32.2. The van der Waals surface area contributed by atoms with Crippen LogP contribution < -0.4 is 9.04 Å². The lowest BCUT2D eigenvalue weighted by Crippen LogP contribution is -2.56. The second-order valence-electron chi connectivity index (χ2n) is 7.41. The minimum absolute atomic E-state index is 0.128. The first-order chi connectivity index (χ1) is 14.7. The van der Waals surface area contributed by atoms with Crippen molar-refractivity contribution in [2.45, 2.75) is 11.0 Å². The van der Waals surface area contributed by atoms with Gasteiger partial charge in [-0.2, -0.15) is 4.31 Å². The molecule has 9 nitrogen and oxygen atoms in total. The summed E-state index contributed by atoms with van der Waals surface area (Å²) in [5.41, 5.74) is 0.396. The monoisotopic (exact) mass is 465 g/mol. The SMILES string of the molecule is CS(=O)(=O)N1CC(C(=O)N2CCN(S(=O)(=O)c3ccccc3)CC2)Oc2ccccc21. The second kappa shape index (κ2) is 8.13. The molecule has 2 aliphatic rings. The van der Waals surface area contributed by atoms with Gasteiger partial charge >= 0.3 is 0 Å². The van der Waals surface area contributed by atoms with Gasteiger partial charge in [0.25, 0.3) is 5.91 Å². The number of amides is 1. The number of fused-ring (bicyclic) bond motifs is 1. The van der Waals surface area contributed by atoms with E-state index < -0.39 is 26.2 Å². The summed E-state index contributed by atoms with van der Waals surface area (Å²) in [6, 6.07) is 14.8. The molecule has 1 saturated heterocycles. The van der Waals surface area contributed by atoms with Gasteiger partial charge in [0.1, 0.15) is 5.75 Å². The molecule has 2 heterocycles. The third-order valence-electron chi connectivity index (χ3n) is 5.34. The Kier molecular flexibility index (Phi) is 5.67. The molecule has 0 radical (unpaired) electrons. The molecule has 0 aromatic heterocycles. The number of carbonyl (C=O) groups is 1. The van der Waals surface area contributed by atoms with Crippen molar-refractivity contribution in [3.05, 3.63) is 54.6 Å². The lowest BCUT2D eigenvalue weighted by Gasteiger charge is -2.39. The summed E-state index contributed by atoms with van der Waals surface area (Å²) >= 11 is 0. The zero-order valence-corrected chi connectivity index (χ0v) is 18.5. The molecule has 4 rings (SSSR count). The fraction of sp³-hybridized carbons (Fsp3) is 0.350. The Morgan fingerprint density at radius 3 is 2.16 bits per heavy atom. The highest BCUT2D eigenvalue weighted by molar-refractivity contribution is 7.92. The highest BCUT2D eigenvalue weighted by Gasteiger charge is 2.38. The molecule has 0 spiro atoms. The first kappa shape index (κ1) is 21.6. The average Bonchev–Trinajstić information content (AvgIpc) is 2.78. The Morgan fingerprint density at radius 1 is 0.903 bits per heavy atom. The maximum atomic E-state index is 13.1. The van der Waals surface area contributed by atoms with E-state index in [1.807, 2.05) is 0 Å². The number of anilines is 1. The molecular weight excluding hydrogens is 442 g/mol. The van der Waals surface area contributed by atoms with Gasteiger partial charge in [0.2, 0.25) is 20.0 Å². The first-order valence-electron chi connectivity index (χ1n) is 9.75. The van der Waals surface area contributed by atoms with E-state index in [0.717, 1.165) is 6.26 Å². The van der Waals surface area contributed by atoms with Gasteiger partial charge in [-0.3, -0.25) is 9.10 Å². The Labute approximate surface area is 181 Å². The molecule has 0 N–H and O–H groups in total. The minimum atomic E-state index is -3.63. The molecule has 1 amide bonds. The topological polar surface area (TPSA) is 104 Å². The number of hydrogen-bond acceptors (Lipinski definition) is 6. The van der Waals surface area contributed by atoms with Crippen LogP contribution in [0.3, 0.4) is 0 Å². The van der Waals surface area contributed by atoms with Crippen molar-refractivity contribution in [1.29, 1.82) is 0 Å². The van der Waals surface area contributed by atoms with Gasteiger partial charge in [0.15, 0.2) is 6.10 Å². The number of rotatable bonds is 4. The summed E-state index contributed by atoms with van der Waals surface area (Å²) in [7, 11) is -7.23. The van der Waals surface area contributed by atoms with Crippen LogP contribution in [0.1, 0.15) is 0 Å². The maximum Gasteiger partial charge on any atom is 0.265 e. The smallest absolute Gasteiger partial charge is 0.265 e. The number of piperazine rings is 1. The summed E-state index contributed by atoms with van der Waals surface area (Å²) in [4.78, 5) is 14.8. The van der Waals surface area contributed by atoms with Gasteiger partial charge in [0.05, 0.1) is 23.4 Å². The summed E-state index contributed by atoms with van der Waals surface area (Å²) < 4.78 is 58.4. The normalized spacial score (nSPS) is 20.1. The fourth-order valence-electron chi connectivity index (χ4n) is 3.74. The molecule has 1 unspecified atom stereocenters. The Morgan fingerprint density at radius 2 is 1.52 bits per heavy atom. The van der Waals surface area contributed by atoms with Gasteiger partial charge in [-0.25, -0.2) is 16.8 Å². The van der Waals surface area contributed by atoms with Gasteiger partial charge in [-0.1, -0.05) is 30.3 Å². The quantitative estimate of drug-likeness (QED) is 0.660. The molecule has 2 aromatic rings. The van der Waals surface area contributed by atoms with Crippen LogP contribution in [0.5, 0.6) is 5.75 Å². The number of benzene rings is 2. The molecule has 2 aromatic carbocycles. The van der Waals surface area contributed by atoms with Gasteiger partial charge in [-0.05, 0) is 24.3 Å². The Hall–Kier alpha value is -2.63. The molecule has 166 valence electrons. The van der Waals surface area contributed by atoms with E-state index in [1.54, 1.807) is 54.6 Å². The van der Waals surface area contributed by atoms with E-state index >= 15 is 0 Å². The zero-order valence-electron chi connectivity index (χ0n) is 16.9. The van der Waals surface area contributed by atoms with Crippen molar-refractivity contribution >= 4 is 31.6 Å². The number of carbonyl (C=O) groups excluding carboxylic acids is 1. The highest BCUT2D eigenvalue weighted by Crippen LogP contribution is 2.35. The largest absolute Gasteiger partial charge is 0.476 e. The van der Waals surface area contributed by atoms with Crippen LogP contribution in [0.25, 0.3) is 0 Å². The van der Waals surface area contributed by atoms with E-state index in [1.165, 1.54) is 13.5 Å². The third-order valence-corrected chi connectivity index (χ3v) is 8.40. The molecule has 2 aliphatic heterocycles. The van der Waals surface area contributed by atoms with Crippen LogP contribution >= 0.6 is 0 Å². The number of sulfonamides is 2. The summed E-state index contributed by atoms with van der Waals surface area (Å²) in [6.07, 6.45) is 0.0889. The van der Waals surface area contributed by atoms with Crippen LogP contribution in [0.15, 0.2) is 59.5 Å². The first-order valence-corrected chi connectivity index (χ1v) is 13.0. The average molecular weight is 466 g/mol. The van der Waals surface area contributed by atoms with E-state index in [2.05, 4.69) is 0 Å². The number of hydrogen-bond donors (Lipinski definition) is 0. The molecule has 1 atom stereocenters. The molecule has 1 fully saturated rings. The van der Waals surface area contributed by atoms with E-state index in [9.17, 15) is 21.6 Å². The van der Waals surface area contributed by atoms with Crippen LogP contribution in [0, 0.1) is 0 Å². The Balaban J connectivity index is 1.47. The van der Waals surface area contributed by atoms with Gasteiger partial charge in [-0.15, -0.1) is 0 Å². The molecular formula is C20H23N3O6S2. The van der Waals surface area contributed by atoms with Gasteiger partial charge < -0.3 is 9.64 Å². The lowest BCUT2D eigenvalue weighted by atomic mass is 10.2.